The highest BCUT2D eigenvalue weighted by Crippen LogP contribution is 2.16. The van der Waals surface area contributed by atoms with Crippen LogP contribution in [0.15, 0.2) is 45.8 Å². The second-order valence-electron chi connectivity index (χ2n) is 7.01. The molecule has 2 N–H and O–H groups in total. The molecule has 8 nitrogen and oxygen atoms in total. The van der Waals surface area contributed by atoms with E-state index >= 15 is 0 Å². The monoisotopic (exact) mass is 386 g/mol. The molecule has 2 atom stereocenters. The van der Waals surface area contributed by atoms with Crippen molar-refractivity contribution in [3.8, 4) is 0 Å². The summed E-state index contributed by atoms with van der Waals surface area (Å²) in [7, 11) is 0. The predicted molar refractivity (Wildman–Crippen MR) is 106 cm³/mol. The van der Waals surface area contributed by atoms with Crippen molar-refractivity contribution in [1.29, 1.82) is 0 Å². The Morgan fingerprint density at radius 3 is 2.71 bits per heavy atom. The quantitative estimate of drug-likeness (QED) is 0.328. The van der Waals surface area contributed by atoms with Crippen molar-refractivity contribution in [2.75, 3.05) is 19.8 Å². The van der Waals surface area contributed by atoms with Crippen LogP contribution in [0.3, 0.4) is 0 Å². The van der Waals surface area contributed by atoms with Crippen LogP contribution < -0.4 is 10.6 Å². The van der Waals surface area contributed by atoms with Gasteiger partial charge in [0.1, 0.15) is 11.5 Å². The van der Waals surface area contributed by atoms with E-state index in [-0.39, 0.29) is 11.7 Å². The predicted octanol–water partition coefficient (Wildman–Crippen LogP) is 3.33. The van der Waals surface area contributed by atoms with Gasteiger partial charge in [0, 0.05) is 31.2 Å². The zero-order valence-electron chi connectivity index (χ0n) is 16.2. The third kappa shape index (κ3) is 5.56. The number of nitrogens with one attached hydrogen (secondary N) is 2. The Hall–Kier alpha value is -2.87. The summed E-state index contributed by atoms with van der Waals surface area (Å²) in [6.45, 7) is 6.68. The van der Waals surface area contributed by atoms with Crippen LogP contribution in [0.2, 0.25) is 0 Å². The SMILES string of the molecule is Cc1ccc(C(C)NC(=NCc2ccc([N+](=O)[O-])cc2)NCC2CCOC2)o1. The largest absolute Gasteiger partial charge is 0.464 e. The average molecular weight is 386 g/mol. The van der Waals surface area contributed by atoms with E-state index in [1.807, 2.05) is 26.0 Å². The Bertz CT molecular complexity index is 810. The Kier molecular flexibility index (Phi) is 6.65. The van der Waals surface area contributed by atoms with E-state index in [1.54, 1.807) is 12.1 Å². The van der Waals surface area contributed by atoms with Gasteiger partial charge in [-0.2, -0.15) is 0 Å². The number of nitrogens with zero attached hydrogens (tertiary/aromatic N) is 2. The molecule has 2 unspecified atom stereocenters. The lowest BCUT2D eigenvalue weighted by molar-refractivity contribution is -0.384. The summed E-state index contributed by atoms with van der Waals surface area (Å²) in [5.74, 6) is 2.84. The smallest absolute Gasteiger partial charge is 0.269 e. The molecule has 1 aromatic carbocycles. The number of hydrogen-bond donors (Lipinski definition) is 2. The highest BCUT2D eigenvalue weighted by Gasteiger charge is 2.17. The van der Waals surface area contributed by atoms with Crippen molar-refractivity contribution < 1.29 is 14.1 Å². The number of benzene rings is 1. The lowest BCUT2D eigenvalue weighted by Crippen LogP contribution is -2.41. The topological polar surface area (TPSA) is 102 Å². The standard InChI is InChI=1S/C20H26N4O4/c1-14-3-8-19(28-14)15(2)23-20(22-12-17-9-10-27-13-17)21-11-16-4-6-18(7-5-16)24(25)26/h3-8,15,17H,9-13H2,1-2H3,(H2,21,22,23). The molecule has 0 amide bonds. The fourth-order valence-electron chi connectivity index (χ4n) is 2.99. The van der Waals surface area contributed by atoms with Crippen LogP contribution in [0.1, 0.15) is 36.5 Å². The molecule has 0 spiro atoms. The van der Waals surface area contributed by atoms with Crippen LogP contribution in [-0.2, 0) is 11.3 Å². The second kappa shape index (κ2) is 9.36. The van der Waals surface area contributed by atoms with Crippen molar-refractivity contribution in [2.45, 2.75) is 32.9 Å². The molecule has 0 radical (unpaired) electrons. The molecule has 1 aliphatic rings. The molecule has 8 heteroatoms. The Labute approximate surface area is 164 Å². The van der Waals surface area contributed by atoms with Crippen LogP contribution in [0.4, 0.5) is 5.69 Å². The van der Waals surface area contributed by atoms with Crippen molar-refractivity contribution in [2.24, 2.45) is 10.9 Å². The van der Waals surface area contributed by atoms with Gasteiger partial charge in [0.2, 0.25) is 0 Å². The van der Waals surface area contributed by atoms with E-state index in [1.165, 1.54) is 12.1 Å². The number of aliphatic imine (C=N–C) groups is 1. The molecule has 0 bridgehead atoms. The van der Waals surface area contributed by atoms with Crippen molar-refractivity contribution in [3.05, 3.63) is 63.6 Å². The second-order valence-corrected chi connectivity index (χ2v) is 7.01. The zero-order chi connectivity index (χ0) is 19.9. The molecule has 1 fully saturated rings. The molecular weight excluding hydrogens is 360 g/mol. The highest BCUT2D eigenvalue weighted by molar-refractivity contribution is 5.80. The molecule has 1 aliphatic heterocycles. The Morgan fingerprint density at radius 1 is 1.32 bits per heavy atom. The van der Waals surface area contributed by atoms with Gasteiger partial charge in [-0.05, 0) is 38.0 Å². The molecule has 28 heavy (non-hydrogen) atoms. The van der Waals surface area contributed by atoms with E-state index in [9.17, 15) is 10.1 Å². The first-order valence-electron chi connectivity index (χ1n) is 9.43. The van der Waals surface area contributed by atoms with Gasteiger partial charge in [-0.1, -0.05) is 12.1 Å². The van der Waals surface area contributed by atoms with Crippen LogP contribution >= 0.6 is 0 Å². The molecule has 1 aromatic heterocycles. The van der Waals surface area contributed by atoms with E-state index < -0.39 is 4.92 Å². The first kappa shape index (κ1) is 19.9. The highest BCUT2D eigenvalue weighted by atomic mass is 16.6. The fraction of sp³-hybridized carbons (Fsp3) is 0.450. The van der Waals surface area contributed by atoms with Crippen molar-refractivity contribution in [1.82, 2.24) is 10.6 Å². The molecule has 3 rings (SSSR count). The third-order valence-electron chi connectivity index (χ3n) is 4.69. The van der Waals surface area contributed by atoms with Crippen molar-refractivity contribution in [3.63, 3.8) is 0 Å². The summed E-state index contributed by atoms with van der Waals surface area (Å²) < 4.78 is 11.1. The zero-order valence-corrected chi connectivity index (χ0v) is 16.2. The van der Waals surface area contributed by atoms with Gasteiger partial charge < -0.3 is 19.8 Å². The van der Waals surface area contributed by atoms with Gasteiger partial charge in [0.15, 0.2) is 5.96 Å². The molecule has 150 valence electrons. The average Bonchev–Trinajstić information content (AvgIpc) is 3.36. The summed E-state index contributed by atoms with van der Waals surface area (Å²) in [6.07, 6.45) is 1.04. The Morgan fingerprint density at radius 2 is 2.11 bits per heavy atom. The summed E-state index contributed by atoms with van der Waals surface area (Å²) in [5.41, 5.74) is 0.977. The van der Waals surface area contributed by atoms with E-state index in [4.69, 9.17) is 9.15 Å². The maximum atomic E-state index is 10.8. The molecule has 0 aliphatic carbocycles. The number of ether oxygens (including phenoxy) is 1. The maximum Gasteiger partial charge on any atom is 0.269 e. The number of aryl methyl sites for hydroxylation is 1. The number of guanidine groups is 1. The third-order valence-corrected chi connectivity index (χ3v) is 4.69. The number of non-ortho nitro benzene ring substituents is 1. The van der Waals surface area contributed by atoms with Gasteiger partial charge >= 0.3 is 0 Å². The summed E-state index contributed by atoms with van der Waals surface area (Å²) in [5, 5.41) is 17.5. The molecule has 2 heterocycles. The van der Waals surface area contributed by atoms with Gasteiger partial charge in [0.05, 0.1) is 24.1 Å². The lowest BCUT2D eigenvalue weighted by atomic mass is 10.1. The summed E-state index contributed by atoms with van der Waals surface area (Å²) in [4.78, 5) is 15.0. The van der Waals surface area contributed by atoms with Crippen LogP contribution in [0.25, 0.3) is 0 Å². The minimum atomic E-state index is -0.404. The van der Waals surface area contributed by atoms with E-state index in [0.29, 0.717) is 18.4 Å². The van der Waals surface area contributed by atoms with E-state index in [0.717, 1.165) is 43.3 Å². The van der Waals surface area contributed by atoms with E-state index in [2.05, 4.69) is 15.6 Å². The fourth-order valence-corrected chi connectivity index (χ4v) is 2.99. The van der Waals surface area contributed by atoms with Crippen molar-refractivity contribution >= 4 is 11.6 Å². The van der Waals surface area contributed by atoms with Gasteiger partial charge in [-0.25, -0.2) is 4.99 Å². The number of hydrogen-bond acceptors (Lipinski definition) is 5. The first-order chi connectivity index (χ1) is 13.5. The molecule has 0 saturated carbocycles. The van der Waals surface area contributed by atoms with Gasteiger partial charge in [-0.15, -0.1) is 0 Å². The molecular formula is C20H26N4O4. The van der Waals surface area contributed by atoms with Crippen LogP contribution in [-0.4, -0.2) is 30.6 Å². The normalized spacial score (nSPS) is 18.1. The number of nitro groups is 1. The minimum absolute atomic E-state index is 0.0448. The van der Waals surface area contributed by atoms with Crippen LogP contribution in [0, 0.1) is 23.0 Å². The minimum Gasteiger partial charge on any atom is -0.464 e. The summed E-state index contributed by atoms with van der Waals surface area (Å²) in [6, 6.07) is 10.3. The molecule has 1 saturated heterocycles. The van der Waals surface area contributed by atoms with Gasteiger partial charge in [-0.3, -0.25) is 10.1 Å². The maximum absolute atomic E-state index is 10.8. The number of rotatable bonds is 7. The van der Waals surface area contributed by atoms with Crippen LogP contribution in [0.5, 0.6) is 0 Å². The number of nitro benzene ring substituents is 1. The first-order valence-corrected chi connectivity index (χ1v) is 9.43. The number of furan rings is 1. The summed E-state index contributed by atoms with van der Waals surface area (Å²) >= 11 is 0. The molecule has 2 aromatic rings. The lowest BCUT2D eigenvalue weighted by Gasteiger charge is -2.18. The Balaban J connectivity index is 1.66. The van der Waals surface area contributed by atoms with Gasteiger partial charge in [0.25, 0.3) is 5.69 Å².